The predicted octanol–water partition coefficient (Wildman–Crippen LogP) is 8.61. The first-order valence-electron chi connectivity index (χ1n) is 13.2. The molecular weight excluding hydrogens is 432 g/mol. The van der Waals surface area contributed by atoms with Gasteiger partial charge in [-0.3, -0.25) is 0 Å². The van der Waals surface area contributed by atoms with Crippen LogP contribution in [0.25, 0.3) is 0 Å². The molecule has 0 spiro atoms. The molecule has 0 saturated heterocycles. The number of rotatable bonds is 1. The topological polar surface area (TPSA) is 0 Å². The van der Waals surface area contributed by atoms with Crippen molar-refractivity contribution in [1.29, 1.82) is 0 Å². The van der Waals surface area contributed by atoms with E-state index in [2.05, 4.69) is 137 Å². The number of allylic oxidation sites excluding steroid dienone is 28. The van der Waals surface area contributed by atoms with Gasteiger partial charge in [0, 0.05) is 21.7 Å². The van der Waals surface area contributed by atoms with Crippen molar-refractivity contribution in [1.82, 2.24) is 0 Å². The van der Waals surface area contributed by atoms with Crippen molar-refractivity contribution in [3.8, 4) is 0 Å². The SMILES string of the molecule is CC12C3=CC=C1C=C(C1=CC4=CC=C5C=CC=C6C=CC(=C1)C6(C)C54C)C=C1C=CC(=CC=C3)C12C. The Morgan fingerprint density at radius 3 is 1.11 bits per heavy atom. The quantitative estimate of drug-likeness (QED) is 0.366. The van der Waals surface area contributed by atoms with Crippen molar-refractivity contribution < 1.29 is 0 Å². The van der Waals surface area contributed by atoms with Crippen molar-refractivity contribution >= 4 is 0 Å². The summed E-state index contributed by atoms with van der Waals surface area (Å²) in [6.45, 7) is 9.78. The smallest absolute Gasteiger partial charge is 0.0309 e. The molecule has 0 fully saturated rings. The minimum absolute atomic E-state index is 0.0828. The van der Waals surface area contributed by atoms with Gasteiger partial charge in [-0.1, -0.05) is 137 Å². The van der Waals surface area contributed by atoms with Crippen LogP contribution >= 0.6 is 0 Å². The molecule has 8 rings (SSSR count). The Bertz CT molecular complexity index is 1520. The van der Waals surface area contributed by atoms with E-state index in [0.29, 0.717) is 0 Å². The maximum Gasteiger partial charge on any atom is 0.0309 e. The first-order valence-corrected chi connectivity index (χ1v) is 13.2. The lowest BCUT2D eigenvalue weighted by molar-refractivity contribution is 0.276. The van der Waals surface area contributed by atoms with E-state index in [-0.39, 0.29) is 21.7 Å². The van der Waals surface area contributed by atoms with Crippen LogP contribution in [0.5, 0.6) is 0 Å². The van der Waals surface area contributed by atoms with Crippen LogP contribution in [0.4, 0.5) is 0 Å². The van der Waals surface area contributed by atoms with E-state index < -0.39 is 0 Å². The van der Waals surface area contributed by atoms with Crippen LogP contribution in [0.3, 0.4) is 0 Å². The molecule has 0 aromatic heterocycles. The standard InChI is InChI=1S/C36H30/c1-33-25-7-5-8-26-12-16-30(34(26,33)2)20-23(19-29(33)15-11-25)24-21-31-17-13-27-9-6-10-28-14-18-32(22-24)36(28,4)35(27,31)3/h5-22H,1-4H3. The summed E-state index contributed by atoms with van der Waals surface area (Å²) in [5.41, 5.74) is 13.5. The highest BCUT2D eigenvalue weighted by Crippen LogP contribution is 2.67. The summed E-state index contributed by atoms with van der Waals surface area (Å²) in [7, 11) is 0. The van der Waals surface area contributed by atoms with Gasteiger partial charge in [0.2, 0.25) is 0 Å². The monoisotopic (exact) mass is 462 g/mol. The molecule has 0 radical (unpaired) electrons. The van der Waals surface area contributed by atoms with Gasteiger partial charge in [-0.05, 0) is 55.7 Å². The molecule has 36 heavy (non-hydrogen) atoms. The van der Waals surface area contributed by atoms with E-state index in [0.717, 1.165) is 0 Å². The molecule has 0 aliphatic heterocycles. The van der Waals surface area contributed by atoms with Gasteiger partial charge < -0.3 is 0 Å². The van der Waals surface area contributed by atoms with Crippen LogP contribution in [0, 0.1) is 21.7 Å². The predicted molar refractivity (Wildman–Crippen MR) is 150 cm³/mol. The minimum Gasteiger partial charge on any atom is -0.0617 e. The molecule has 8 aliphatic rings. The average Bonchev–Trinajstić information content (AvgIpc) is 3.50. The molecule has 4 atom stereocenters. The highest BCUT2D eigenvalue weighted by molar-refractivity contribution is 5.73. The lowest BCUT2D eigenvalue weighted by Crippen LogP contribution is -2.38. The maximum atomic E-state index is 2.47. The van der Waals surface area contributed by atoms with E-state index in [1.807, 2.05) is 0 Å². The summed E-state index contributed by atoms with van der Waals surface area (Å²) in [5, 5.41) is 0. The van der Waals surface area contributed by atoms with Gasteiger partial charge in [0.15, 0.2) is 0 Å². The van der Waals surface area contributed by atoms with Gasteiger partial charge in [-0.15, -0.1) is 0 Å². The van der Waals surface area contributed by atoms with Crippen molar-refractivity contribution in [2.45, 2.75) is 27.7 Å². The third-order valence-electron chi connectivity index (χ3n) is 11.1. The average molecular weight is 463 g/mol. The first kappa shape index (κ1) is 20.5. The van der Waals surface area contributed by atoms with Gasteiger partial charge >= 0.3 is 0 Å². The molecule has 0 N–H and O–H groups in total. The molecular formula is C36H30. The second kappa shape index (κ2) is 6.19. The van der Waals surface area contributed by atoms with Crippen LogP contribution in [0.2, 0.25) is 0 Å². The fourth-order valence-electron chi connectivity index (χ4n) is 8.28. The Morgan fingerprint density at radius 1 is 0.333 bits per heavy atom. The van der Waals surface area contributed by atoms with Crippen LogP contribution in [0.15, 0.2) is 165 Å². The second-order valence-electron chi connectivity index (χ2n) is 12.0. The molecule has 0 heterocycles. The van der Waals surface area contributed by atoms with Crippen molar-refractivity contribution in [3.05, 3.63) is 165 Å². The molecule has 0 aromatic carbocycles. The van der Waals surface area contributed by atoms with E-state index in [1.165, 1.54) is 55.7 Å². The summed E-state index contributed by atoms with van der Waals surface area (Å²) in [4.78, 5) is 0. The van der Waals surface area contributed by atoms with Gasteiger partial charge in [0.1, 0.15) is 0 Å². The Hall–Kier alpha value is -3.64. The van der Waals surface area contributed by atoms with Crippen LogP contribution < -0.4 is 0 Å². The molecule has 4 unspecified atom stereocenters. The molecule has 0 saturated carbocycles. The largest absolute Gasteiger partial charge is 0.0617 e. The second-order valence-corrected chi connectivity index (χ2v) is 12.0. The van der Waals surface area contributed by atoms with Crippen molar-refractivity contribution in [2.75, 3.05) is 0 Å². The summed E-state index contributed by atoms with van der Waals surface area (Å²) >= 11 is 0. The molecule has 0 bridgehead atoms. The summed E-state index contributed by atoms with van der Waals surface area (Å²) in [6.07, 6.45) is 42.4. The zero-order valence-corrected chi connectivity index (χ0v) is 21.4. The molecule has 0 amide bonds. The number of hydrogen-bond acceptors (Lipinski definition) is 0. The van der Waals surface area contributed by atoms with E-state index in [1.54, 1.807) is 0 Å². The fraction of sp³-hybridized carbons (Fsp3) is 0.222. The van der Waals surface area contributed by atoms with Crippen LogP contribution in [-0.2, 0) is 0 Å². The Balaban J connectivity index is 1.37. The summed E-state index contributed by atoms with van der Waals surface area (Å²) in [6, 6.07) is 0. The van der Waals surface area contributed by atoms with Gasteiger partial charge in [0.05, 0.1) is 0 Å². The third kappa shape index (κ3) is 2.00. The van der Waals surface area contributed by atoms with Gasteiger partial charge in [0.25, 0.3) is 0 Å². The highest BCUT2D eigenvalue weighted by Gasteiger charge is 2.57. The normalized spacial score (nSPS) is 39.7. The molecule has 0 heteroatoms. The van der Waals surface area contributed by atoms with Gasteiger partial charge in [-0.2, -0.15) is 0 Å². The van der Waals surface area contributed by atoms with Crippen LogP contribution in [-0.4, -0.2) is 0 Å². The Labute approximate surface area is 214 Å². The Morgan fingerprint density at radius 2 is 0.667 bits per heavy atom. The fourth-order valence-corrected chi connectivity index (χ4v) is 8.28. The molecule has 174 valence electrons. The lowest BCUT2D eigenvalue weighted by atomic mass is 9.56. The van der Waals surface area contributed by atoms with Crippen molar-refractivity contribution in [3.63, 3.8) is 0 Å². The third-order valence-corrected chi connectivity index (χ3v) is 11.1. The van der Waals surface area contributed by atoms with E-state index in [4.69, 9.17) is 0 Å². The molecule has 0 aromatic rings. The van der Waals surface area contributed by atoms with Gasteiger partial charge in [-0.25, -0.2) is 0 Å². The Kier molecular flexibility index (Phi) is 3.53. The summed E-state index contributed by atoms with van der Waals surface area (Å²) < 4.78 is 0. The van der Waals surface area contributed by atoms with Crippen LogP contribution in [0.1, 0.15) is 27.7 Å². The first-order chi connectivity index (χ1) is 17.3. The van der Waals surface area contributed by atoms with E-state index in [9.17, 15) is 0 Å². The highest BCUT2D eigenvalue weighted by atomic mass is 14.6. The zero-order chi connectivity index (χ0) is 24.5. The maximum absolute atomic E-state index is 2.47. The number of hydrogen-bond donors (Lipinski definition) is 0. The molecule has 0 nitrogen and oxygen atoms in total. The zero-order valence-electron chi connectivity index (χ0n) is 21.4. The lowest BCUT2D eigenvalue weighted by Gasteiger charge is -2.45. The summed E-state index contributed by atoms with van der Waals surface area (Å²) in [5.74, 6) is 0. The minimum atomic E-state index is -0.0828. The van der Waals surface area contributed by atoms with E-state index >= 15 is 0 Å². The molecule has 8 aliphatic carbocycles. The van der Waals surface area contributed by atoms with Crippen molar-refractivity contribution in [2.24, 2.45) is 21.7 Å².